The van der Waals surface area contributed by atoms with Crippen molar-refractivity contribution in [2.75, 3.05) is 11.1 Å². The summed E-state index contributed by atoms with van der Waals surface area (Å²) in [6.07, 6.45) is 1.81. The molecule has 4 heteroatoms. The molecule has 0 unspecified atom stereocenters. The Balaban J connectivity index is 1.96. The highest BCUT2D eigenvalue weighted by atomic mass is 15.0. The van der Waals surface area contributed by atoms with Gasteiger partial charge in [-0.05, 0) is 42.8 Å². The number of benzene rings is 2. The van der Waals surface area contributed by atoms with Crippen LogP contribution in [0.1, 0.15) is 5.56 Å². The van der Waals surface area contributed by atoms with Gasteiger partial charge in [0.25, 0.3) is 0 Å². The van der Waals surface area contributed by atoms with Gasteiger partial charge >= 0.3 is 0 Å². The highest BCUT2D eigenvalue weighted by Crippen LogP contribution is 2.25. The molecule has 0 saturated carbocycles. The molecule has 4 nitrogen and oxygen atoms in total. The Labute approximate surface area is 111 Å². The Morgan fingerprint density at radius 1 is 1.16 bits per heavy atom. The van der Waals surface area contributed by atoms with E-state index in [1.54, 1.807) is 0 Å². The summed E-state index contributed by atoms with van der Waals surface area (Å²) in [5.41, 5.74) is 11.9. The molecule has 2 aromatic carbocycles. The van der Waals surface area contributed by atoms with Gasteiger partial charge in [0.2, 0.25) is 0 Å². The molecular weight excluding hydrogens is 236 g/mol. The Bertz CT molecular complexity index is 743. The first-order valence-electron chi connectivity index (χ1n) is 6.18. The number of nitrogens with two attached hydrogens (primary N) is 1. The molecule has 19 heavy (non-hydrogen) atoms. The standard InChI is InChI=1S/C15H16N4/c1-10-3-5-13(12(16)7-10)18-11-4-6-15-14(8-11)17-9-19(15)2/h3-9,18H,16H2,1-2H3. The van der Waals surface area contributed by atoms with Crippen LogP contribution in [0, 0.1) is 6.92 Å². The number of rotatable bonds is 2. The van der Waals surface area contributed by atoms with Crippen molar-refractivity contribution in [3.05, 3.63) is 48.3 Å². The van der Waals surface area contributed by atoms with Crippen LogP contribution in [0.3, 0.4) is 0 Å². The summed E-state index contributed by atoms with van der Waals surface area (Å²) in [4.78, 5) is 4.35. The number of anilines is 3. The van der Waals surface area contributed by atoms with Gasteiger partial charge in [-0.1, -0.05) is 6.07 Å². The zero-order valence-corrected chi connectivity index (χ0v) is 11.0. The van der Waals surface area contributed by atoms with Gasteiger partial charge in [-0.2, -0.15) is 0 Å². The van der Waals surface area contributed by atoms with E-state index < -0.39 is 0 Å². The van der Waals surface area contributed by atoms with Crippen molar-refractivity contribution >= 4 is 28.1 Å². The van der Waals surface area contributed by atoms with Crippen molar-refractivity contribution in [1.82, 2.24) is 9.55 Å². The van der Waals surface area contributed by atoms with E-state index in [0.717, 1.165) is 33.7 Å². The minimum atomic E-state index is 0.751. The average molecular weight is 252 g/mol. The Morgan fingerprint density at radius 3 is 2.79 bits per heavy atom. The van der Waals surface area contributed by atoms with Gasteiger partial charge in [0.1, 0.15) is 0 Å². The first-order chi connectivity index (χ1) is 9.13. The Morgan fingerprint density at radius 2 is 2.00 bits per heavy atom. The number of nitrogen functional groups attached to an aromatic ring is 1. The number of hydrogen-bond acceptors (Lipinski definition) is 3. The average Bonchev–Trinajstić information content (AvgIpc) is 2.74. The third-order valence-electron chi connectivity index (χ3n) is 3.21. The highest BCUT2D eigenvalue weighted by Gasteiger charge is 2.03. The molecule has 1 heterocycles. The molecule has 0 aliphatic rings. The van der Waals surface area contributed by atoms with Crippen molar-refractivity contribution in [3.63, 3.8) is 0 Å². The summed E-state index contributed by atoms with van der Waals surface area (Å²) in [6.45, 7) is 2.03. The van der Waals surface area contributed by atoms with Crippen molar-refractivity contribution in [2.45, 2.75) is 6.92 Å². The fraction of sp³-hybridized carbons (Fsp3) is 0.133. The van der Waals surface area contributed by atoms with Crippen molar-refractivity contribution in [3.8, 4) is 0 Å². The SMILES string of the molecule is Cc1ccc(Nc2ccc3c(c2)ncn3C)c(N)c1. The van der Waals surface area contributed by atoms with Crippen LogP contribution in [0.25, 0.3) is 11.0 Å². The fourth-order valence-corrected chi connectivity index (χ4v) is 2.17. The fourth-order valence-electron chi connectivity index (χ4n) is 2.17. The minimum absolute atomic E-state index is 0.751. The number of hydrogen-bond donors (Lipinski definition) is 2. The minimum Gasteiger partial charge on any atom is -0.397 e. The lowest BCUT2D eigenvalue weighted by Crippen LogP contribution is -1.96. The van der Waals surface area contributed by atoms with Crippen LogP contribution in [-0.2, 0) is 7.05 Å². The van der Waals surface area contributed by atoms with Crippen LogP contribution < -0.4 is 11.1 Å². The summed E-state index contributed by atoms with van der Waals surface area (Å²) in [5.74, 6) is 0. The maximum atomic E-state index is 6.00. The first-order valence-corrected chi connectivity index (χ1v) is 6.18. The third kappa shape index (κ3) is 2.12. The second-order valence-corrected chi connectivity index (χ2v) is 4.77. The summed E-state index contributed by atoms with van der Waals surface area (Å²) >= 11 is 0. The largest absolute Gasteiger partial charge is 0.397 e. The van der Waals surface area contributed by atoms with E-state index in [1.807, 2.05) is 55.2 Å². The van der Waals surface area contributed by atoms with Crippen molar-refractivity contribution in [2.24, 2.45) is 7.05 Å². The zero-order chi connectivity index (χ0) is 13.4. The number of aromatic nitrogens is 2. The van der Waals surface area contributed by atoms with Crippen LogP contribution in [0.2, 0.25) is 0 Å². The molecule has 3 aromatic rings. The lowest BCUT2D eigenvalue weighted by atomic mass is 10.2. The van der Waals surface area contributed by atoms with Gasteiger partial charge in [0.15, 0.2) is 0 Å². The van der Waals surface area contributed by atoms with Crippen LogP contribution in [-0.4, -0.2) is 9.55 Å². The van der Waals surface area contributed by atoms with E-state index in [0.29, 0.717) is 0 Å². The van der Waals surface area contributed by atoms with E-state index in [-0.39, 0.29) is 0 Å². The Kier molecular flexibility index (Phi) is 2.63. The molecule has 3 rings (SSSR count). The number of aryl methyl sites for hydroxylation is 2. The van der Waals surface area contributed by atoms with Gasteiger partial charge < -0.3 is 15.6 Å². The van der Waals surface area contributed by atoms with Gasteiger partial charge in [0, 0.05) is 12.7 Å². The van der Waals surface area contributed by atoms with E-state index in [4.69, 9.17) is 5.73 Å². The monoisotopic (exact) mass is 252 g/mol. The second kappa shape index (κ2) is 4.31. The molecule has 0 amide bonds. The maximum absolute atomic E-state index is 6.00. The smallest absolute Gasteiger partial charge is 0.0955 e. The molecular formula is C15H16N4. The molecule has 0 saturated heterocycles. The van der Waals surface area contributed by atoms with E-state index in [2.05, 4.69) is 16.4 Å². The van der Waals surface area contributed by atoms with Crippen LogP contribution in [0.4, 0.5) is 17.1 Å². The Hall–Kier alpha value is -2.49. The molecule has 0 aliphatic carbocycles. The predicted octanol–water partition coefficient (Wildman–Crippen LogP) is 3.21. The van der Waals surface area contributed by atoms with Crippen molar-refractivity contribution in [1.29, 1.82) is 0 Å². The van der Waals surface area contributed by atoms with Crippen LogP contribution in [0.15, 0.2) is 42.7 Å². The number of fused-ring (bicyclic) bond motifs is 1. The molecule has 3 N–H and O–H groups in total. The molecule has 0 fully saturated rings. The molecule has 0 spiro atoms. The van der Waals surface area contributed by atoms with Gasteiger partial charge in [-0.25, -0.2) is 4.98 Å². The molecule has 96 valence electrons. The zero-order valence-electron chi connectivity index (χ0n) is 11.0. The van der Waals surface area contributed by atoms with Gasteiger partial charge in [-0.3, -0.25) is 0 Å². The quantitative estimate of drug-likeness (QED) is 0.688. The summed E-state index contributed by atoms with van der Waals surface area (Å²) in [7, 11) is 1.99. The normalized spacial score (nSPS) is 10.8. The molecule has 1 aromatic heterocycles. The highest BCUT2D eigenvalue weighted by molar-refractivity contribution is 5.82. The van der Waals surface area contributed by atoms with Gasteiger partial charge in [-0.15, -0.1) is 0 Å². The first kappa shape index (κ1) is 11.6. The van der Waals surface area contributed by atoms with E-state index in [1.165, 1.54) is 0 Å². The molecule has 0 atom stereocenters. The molecule has 0 radical (unpaired) electrons. The summed E-state index contributed by atoms with van der Waals surface area (Å²) in [6, 6.07) is 12.1. The molecule has 0 aliphatic heterocycles. The molecule has 0 bridgehead atoms. The lowest BCUT2D eigenvalue weighted by Gasteiger charge is -2.10. The van der Waals surface area contributed by atoms with Crippen LogP contribution >= 0.6 is 0 Å². The third-order valence-corrected chi connectivity index (χ3v) is 3.21. The number of nitrogens with zero attached hydrogens (tertiary/aromatic N) is 2. The summed E-state index contributed by atoms with van der Waals surface area (Å²) < 4.78 is 2.00. The maximum Gasteiger partial charge on any atom is 0.0955 e. The van der Waals surface area contributed by atoms with Gasteiger partial charge in [0.05, 0.1) is 28.7 Å². The lowest BCUT2D eigenvalue weighted by molar-refractivity contribution is 0.948. The summed E-state index contributed by atoms with van der Waals surface area (Å²) in [5, 5.41) is 3.33. The number of nitrogens with one attached hydrogen (secondary N) is 1. The van der Waals surface area contributed by atoms with Crippen molar-refractivity contribution < 1.29 is 0 Å². The van der Waals surface area contributed by atoms with E-state index >= 15 is 0 Å². The second-order valence-electron chi connectivity index (χ2n) is 4.77. The topological polar surface area (TPSA) is 55.9 Å². The predicted molar refractivity (Wildman–Crippen MR) is 79.6 cm³/mol. The number of imidazole rings is 1. The van der Waals surface area contributed by atoms with Crippen LogP contribution in [0.5, 0.6) is 0 Å². The van der Waals surface area contributed by atoms with E-state index in [9.17, 15) is 0 Å².